The van der Waals surface area contributed by atoms with E-state index in [0.717, 1.165) is 42.2 Å². The van der Waals surface area contributed by atoms with Gasteiger partial charge in [0.1, 0.15) is 11.6 Å². The molecule has 3 aromatic rings. The molecule has 0 aromatic carbocycles. The van der Waals surface area contributed by atoms with Gasteiger partial charge in [0.05, 0.1) is 23.9 Å². The minimum atomic E-state index is -0.283. The molecule has 0 bridgehead atoms. The van der Waals surface area contributed by atoms with Gasteiger partial charge in [-0.25, -0.2) is 9.97 Å². The Morgan fingerprint density at radius 2 is 1.95 bits per heavy atom. The van der Waals surface area contributed by atoms with Crippen molar-refractivity contribution in [3.8, 4) is 0 Å². The van der Waals surface area contributed by atoms with E-state index in [4.69, 9.17) is 19.4 Å². The first kappa shape index (κ1) is 25.9. The molecule has 3 aliphatic rings. The lowest BCUT2D eigenvalue weighted by atomic mass is 9.73. The highest BCUT2D eigenvalue weighted by molar-refractivity contribution is 5.71. The Kier molecular flexibility index (Phi) is 6.65. The van der Waals surface area contributed by atoms with Gasteiger partial charge in [-0.2, -0.15) is 4.98 Å². The predicted molar refractivity (Wildman–Crippen MR) is 150 cm³/mol. The van der Waals surface area contributed by atoms with Crippen molar-refractivity contribution in [2.45, 2.75) is 69.7 Å². The van der Waals surface area contributed by atoms with Crippen molar-refractivity contribution in [2.75, 3.05) is 37.1 Å². The van der Waals surface area contributed by atoms with E-state index in [1.807, 2.05) is 43.7 Å². The third-order valence-electron chi connectivity index (χ3n) is 8.29. The van der Waals surface area contributed by atoms with Crippen LogP contribution in [0.1, 0.15) is 57.3 Å². The van der Waals surface area contributed by atoms with E-state index in [1.165, 1.54) is 0 Å². The highest BCUT2D eigenvalue weighted by atomic mass is 16.5. The Morgan fingerprint density at radius 1 is 1.13 bits per heavy atom. The molecule has 3 aromatic heterocycles. The SMILES string of the molecule is CNCc1cccc(N2c3nc(Nc4ccn(C5CCOCC5)c(=O)c4)ncc3[C@@]3(C)COC(C)(C)C[C@@H]23)n1. The van der Waals surface area contributed by atoms with Gasteiger partial charge in [-0.15, -0.1) is 0 Å². The Bertz CT molecular complexity index is 1420. The zero-order valence-electron chi connectivity index (χ0n) is 23.1. The summed E-state index contributed by atoms with van der Waals surface area (Å²) >= 11 is 0. The van der Waals surface area contributed by atoms with Crippen molar-refractivity contribution in [3.05, 3.63) is 64.3 Å². The summed E-state index contributed by atoms with van der Waals surface area (Å²) in [4.78, 5) is 29.8. The van der Waals surface area contributed by atoms with Gasteiger partial charge in [0.2, 0.25) is 5.95 Å². The van der Waals surface area contributed by atoms with Crippen LogP contribution in [-0.2, 0) is 21.4 Å². The number of rotatable bonds is 6. The van der Waals surface area contributed by atoms with Crippen molar-refractivity contribution in [3.63, 3.8) is 0 Å². The standard InChI is InChI=1S/C29H37N7O3/c1-28(2)15-23-29(3,18-39-28)22-17-31-27(34-26(22)36(23)24-7-5-6-20(32-24)16-30-4)33-19-8-11-35(25(37)14-19)21-9-12-38-13-10-21/h5-8,11,14,17,21,23,30H,9-10,12-13,15-16,18H2,1-4H3,(H,31,33,34)/t23-,29-/m1/s1. The quantitative estimate of drug-likeness (QED) is 0.491. The first-order valence-corrected chi connectivity index (χ1v) is 13.8. The lowest BCUT2D eigenvalue weighted by Gasteiger charge is -2.46. The molecule has 2 atom stereocenters. The average molecular weight is 532 g/mol. The van der Waals surface area contributed by atoms with E-state index in [9.17, 15) is 4.79 Å². The second kappa shape index (κ2) is 10.0. The number of aromatic nitrogens is 4. The molecule has 6 heterocycles. The third kappa shape index (κ3) is 4.81. The van der Waals surface area contributed by atoms with Crippen LogP contribution in [0.2, 0.25) is 0 Å². The van der Waals surface area contributed by atoms with Gasteiger partial charge in [-0.1, -0.05) is 13.0 Å². The lowest BCUT2D eigenvalue weighted by molar-refractivity contribution is -0.0893. The van der Waals surface area contributed by atoms with E-state index < -0.39 is 0 Å². The molecule has 0 saturated carbocycles. The van der Waals surface area contributed by atoms with Gasteiger partial charge in [-0.05, 0) is 58.4 Å². The van der Waals surface area contributed by atoms with Crippen LogP contribution >= 0.6 is 0 Å². The second-order valence-corrected chi connectivity index (χ2v) is 11.6. The zero-order chi connectivity index (χ0) is 27.2. The Hall–Kier alpha value is -3.34. The van der Waals surface area contributed by atoms with Gasteiger partial charge in [0.15, 0.2) is 0 Å². The summed E-state index contributed by atoms with van der Waals surface area (Å²) in [6.07, 6.45) is 6.28. The van der Waals surface area contributed by atoms with Gasteiger partial charge in [-0.3, -0.25) is 4.79 Å². The first-order chi connectivity index (χ1) is 18.8. The van der Waals surface area contributed by atoms with Crippen LogP contribution < -0.4 is 21.1 Å². The van der Waals surface area contributed by atoms with Gasteiger partial charge >= 0.3 is 0 Å². The molecule has 206 valence electrons. The first-order valence-electron chi connectivity index (χ1n) is 13.8. The van der Waals surface area contributed by atoms with E-state index in [1.54, 1.807) is 10.6 Å². The normalized spacial score (nSPS) is 24.3. The molecule has 0 unspecified atom stereocenters. The largest absolute Gasteiger partial charge is 0.381 e. The van der Waals surface area contributed by atoms with Crippen LogP contribution in [0.15, 0.2) is 47.5 Å². The fourth-order valence-electron chi connectivity index (χ4n) is 6.10. The fourth-order valence-corrected chi connectivity index (χ4v) is 6.10. The molecule has 0 spiro atoms. The van der Waals surface area contributed by atoms with Crippen LogP contribution in [0.4, 0.5) is 23.3 Å². The maximum absolute atomic E-state index is 12.9. The number of pyridine rings is 2. The highest BCUT2D eigenvalue weighted by Crippen LogP contribution is 2.52. The molecule has 6 rings (SSSR count). The number of hydrogen-bond acceptors (Lipinski definition) is 9. The van der Waals surface area contributed by atoms with Crippen LogP contribution in [0.5, 0.6) is 0 Å². The van der Waals surface area contributed by atoms with E-state index >= 15 is 0 Å². The number of anilines is 4. The predicted octanol–water partition coefficient (Wildman–Crippen LogP) is 3.82. The Morgan fingerprint density at radius 3 is 2.72 bits per heavy atom. The topological polar surface area (TPSA) is 106 Å². The summed E-state index contributed by atoms with van der Waals surface area (Å²) in [7, 11) is 1.92. The molecule has 0 aliphatic carbocycles. The average Bonchev–Trinajstić information content (AvgIpc) is 3.16. The second-order valence-electron chi connectivity index (χ2n) is 11.6. The maximum Gasteiger partial charge on any atom is 0.252 e. The number of fused-ring (bicyclic) bond motifs is 3. The molecule has 3 aliphatic heterocycles. The highest BCUT2D eigenvalue weighted by Gasteiger charge is 2.55. The Balaban J connectivity index is 1.35. The van der Waals surface area contributed by atoms with Crippen molar-refractivity contribution in [2.24, 2.45) is 0 Å². The minimum Gasteiger partial charge on any atom is -0.381 e. The molecule has 0 amide bonds. The van der Waals surface area contributed by atoms with Crippen LogP contribution in [0.3, 0.4) is 0 Å². The monoisotopic (exact) mass is 531 g/mol. The molecule has 2 N–H and O–H groups in total. The number of hydrogen-bond donors (Lipinski definition) is 2. The molecular weight excluding hydrogens is 494 g/mol. The molecular formula is C29H37N7O3. The molecule has 0 radical (unpaired) electrons. The minimum absolute atomic E-state index is 0.0434. The number of nitrogens with one attached hydrogen (secondary N) is 2. The van der Waals surface area contributed by atoms with Crippen LogP contribution in [-0.4, -0.2) is 58.0 Å². The van der Waals surface area contributed by atoms with E-state index in [-0.39, 0.29) is 28.7 Å². The van der Waals surface area contributed by atoms with Crippen molar-refractivity contribution >= 4 is 23.3 Å². The lowest BCUT2D eigenvalue weighted by Crippen LogP contribution is -2.54. The molecule has 39 heavy (non-hydrogen) atoms. The smallest absolute Gasteiger partial charge is 0.252 e. The maximum atomic E-state index is 12.9. The van der Waals surface area contributed by atoms with Crippen LogP contribution in [0.25, 0.3) is 0 Å². The summed E-state index contributed by atoms with van der Waals surface area (Å²) in [6.45, 7) is 9.14. The van der Waals surface area contributed by atoms with Gasteiger partial charge in [0, 0.05) is 60.9 Å². The number of nitrogens with zero attached hydrogens (tertiary/aromatic N) is 5. The van der Waals surface area contributed by atoms with Crippen LogP contribution in [0, 0.1) is 0 Å². The van der Waals surface area contributed by atoms with E-state index in [0.29, 0.717) is 38.0 Å². The summed E-state index contributed by atoms with van der Waals surface area (Å²) in [5.74, 6) is 2.13. The summed E-state index contributed by atoms with van der Waals surface area (Å²) in [6, 6.07) is 9.92. The van der Waals surface area contributed by atoms with E-state index in [2.05, 4.69) is 41.3 Å². The fraction of sp³-hybridized carbons (Fsp3) is 0.517. The molecule has 10 heteroatoms. The summed E-state index contributed by atoms with van der Waals surface area (Å²) < 4.78 is 13.6. The molecule has 2 saturated heterocycles. The zero-order valence-corrected chi connectivity index (χ0v) is 23.1. The number of ether oxygens (including phenoxy) is 2. The van der Waals surface area contributed by atoms with Gasteiger partial charge < -0.3 is 29.6 Å². The molecule has 2 fully saturated rings. The summed E-state index contributed by atoms with van der Waals surface area (Å²) in [5, 5.41) is 6.46. The van der Waals surface area contributed by atoms with Gasteiger partial charge in [0.25, 0.3) is 5.56 Å². The third-order valence-corrected chi connectivity index (χ3v) is 8.29. The van der Waals surface area contributed by atoms with Crippen molar-refractivity contribution < 1.29 is 9.47 Å². The molecule has 10 nitrogen and oxygen atoms in total. The Labute approximate surface area is 228 Å². The van der Waals surface area contributed by atoms with Crippen molar-refractivity contribution in [1.29, 1.82) is 0 Å². The summed E-state index contributed by atoms with van der Waals surface area (Å²) in [5.41, 5.74) is 2.08. The van der Waals surface area contributed by atoms with Crippen molar-refractivity contribution in [1.82, 2.24) is 24.8 Å².